The molecule has 2 N–H and O–H groups in total. The molecule has 146 valence electrons. The number of hydrogen-bond donors (Lipinski definition) is 2. The Morgan fingerprint density at radius 2 is 1.78 bits per heavy atom. The first-order valence-electron chi connectivity index (χ1n) is 8.86. The Morgan fingerprint density at radius 1 is 1.07 bits per heavy atom. The molecule has 8 nitrogen and oxygen atoms in total. The van der Waals surface area contributed by atoms with E-state index >= 15 is 0 Å². The fourth-order valence-corrected chi connectivity index (χ4v) is 2.32. The summed E-state index contributed by atoms with van der Waals surface area (Å²) in [7, 11) is 0. The molecule has 1 aromatic carbocycles. The van der Waals surface area contributed by atoms with Crippen LogP contribution in [-0.4, -0.2) is 44.0 Å². The van der Waals surface area contributed by atoms with Crippen LogP contribution in [0.2, 0.25) is 0 Å². The third kappa shape index (κ3) is 8.75. The highest BCUT2D eigenvalue weighted by atomic mass is 16.6. The molecule has 1 aliphatic rings. The van der Waals surface area contributed by atoms with Crippen molar-refractivity contribution in [1.29, 1.82) is 0 Å². The third-order valence-corrected chi connectivity index (χ3v) is 3.71. The van der Waals surface area contributed by atoms with E-state index in [0.29, 0.717) is 32.4 Å². The van der Waals surface area contributed by atoms with Gasteiger partial charge in [0.15, 0.2) is 0 Å². The molecule has 0 radical (unpaired) electrons. The molecule has 0 spiro atoms. The fourth-order valence-electron chi connectivity index (χ4n) is 2.32. The quantitative estimate of drug-likeness (QED) is 0.389. The second kappa shape index (κ2) is 11.6. The number of nitrogens with one attached hydrogen (secondary N) is 2. The van der Waals surface area contributed by atoms with Gasteiger partial charge in [-0.05, 0) is 12.0 Å². The van der Waals surface area contributed by atoms with Crippen LogP contribution in [0.15, 0.2) is 42.5 Å². The summed E-state index contributed by atoms with van der Waals surface area (Å²) >= 11 is 0. The van der Waals surface area contributed by atoms with Crippen molar-refractivity contribution in [2.45, 2.75) is 32.0 Å². The Hall–Kier alpha value is -3.03. The molecule has 0 aliphatic carbocycles. The molecule has 2 rings (SSSR count). The summed E-state index contributed by atoms with van der Waals surface area (Å²) in [6, 6.07) is 9.39. The molecule has 0 fully saturated rings. The van der Waals surface area contributed by atoms with Crippen LogP contribution in [0.4, 0.5) is 9.59 Å². The highest BCUT2D eigenvalue weighted by Crippen LogP contribution is 2.11. The van der Waals surface area contributed by atoms with Gasteiger partial charge in [-0.25, -0.2) is 14.4 Å². The molecule has 1 atom stereocenters. The van der Waals surface area contributed by atoms with Crippen LogP contribution in [0.1, 0.15) is 24.8 Å². The van der Waals surface area contributed by atoms with Crippen molar-refractivity contribution in [3.8, 4) is 0 Å². The minimum absolute atomic E-state index is 0.168. The van der Waals surface area contributed by atoms with E-state index in [1.54, 1.807) is 6.08 Å². The number of hydrogen-bond acceptors (Lipinski definition) is 6. The van der Waals surface area contributed by atoms with E-state index in [0.717, 1.165) is 5.56 Å². The van der Waals surface area contributed by atoms with Gasteiger partial charge in [0.1, 0.15) is 12.7 Å². The number of ether oxygens (including phenoxy) is 3. The number of cyclic esters (lactones) is 1. The maximum absolute atomic E-state index is 11.5. The molecule has 0 saturated heterocycles. The van der Waals surface area contributed by atoms with E-state index in [1.165, 1.54) is 6.08 Å². The standard InChI is InChI=1S/C19H24N2O6/c22-17-9-4-8-16(27-17)10-13-25-18(23)20-11-5-12-21-19(24)26-14-15-6-2-1-3-7-15/h1-4,6-7,9,16H,5,8,10-14H2,(H,20,23)(H,21,24)/t16-/m1/s1. The third-order valence-electron chi connectivity index (χ3n) is 3.71. The van der Waals surface area contributed by atoms with Gasteiger partial charge in [-0.15, -0.1) is 0 Å². The van der Waals surface area contributed by atoms with Gasteiger partial charge in [0, 0.05) is 32.0 Å². The highest BCUT2D eigenvalue weighted by molar-refractivity contribution is 5.82. The summed E-state index contributed by atoms with van der Waals surface area (Å²) in [6.07, 6.45) is 3.46. The summed E-state index contributed by atoms with van der Waals surface area (Å²) in [5.74, 6) is -0.370. The van der Waals surface area contributed by atoms with Crippen molar-refractivity contribution in [3.63, 3.8) is 0 Å². The lowest BCUT2D eigenvalue weighted by Crippen LogP contribution is -2.31. The second-order valence-corrected chi connectivity index (χ2v) is 5.89. The average Bonchev–Trinajstić information content (AvgIpc) is 2.67. The summed E-state index contributed by atoms with van der Waals surface area (Å²) in [5.41, 5.74) is 0.913. The molecule has 1 aromatic rings. The molecule has 0 bridgehead atoms. The molecule has 8 heteroatoms. The van der Waals surface area contributed by atoms with Crippen LogP contribution >= 0.6 is 0 Å². The number of alkyl carbamates (subject to hydrolysis) is 2. The van der Waals surface area contributed by atoms with Gasteiger partial charge in [0.05, 0.1) is 6.61 Å². The minimum atomic E-state index is -0.542. The van der Waals surface area contributed by atoms with E-state index in [-0.39, 0.29) is 25.3 Å². The van der Waals surface area contributed by atoms with Crippen LogP contribution in [0.5, 0.6) is 0 Å². The van der Waals surface area contributed by atoms with Gasteiger partial charge >= 0.3 is 18.2 Å². The van der Waals surface area contributed by atoms with Crippen molar-refractivity contribution < 1.29 is 28.6 Å². The smallest absolute Gasteiger partial charge is 0.407 e. The topological polar surface area (TPSA) is 103 Å². The maximum Gasteiger partial charge on any atom is 0.407 e. The Kier molecular flexibility index (Phi) is 8.68. The number of carbonyl (C=O) groups is 3. The molecule has 2 amide bonds. The zero-order chi connectivity index (χ0) is 19.3. The first-order chi connectivity index (χ1) is 13.1. The van der Waals surface area contributed by atoms with E-state index in [9.17, 15) is 14.4 Å². The van der Waals surface area contributed by atoms with E-state index in [1.807, 2.05) is 30.3 Å². The predicted molar refractivity (Wildman–Crippen MR) is 96.9 cm³/mol. The van der Waals surface area contributed by atoms with Crippen LogP contribution in [0, 0.1) is 0 Å². The summed E-state index contributed by atoms with van der Waals surface area (Å²) < 4.78 is 15.2. The van der Waals surface area contributed by atoms with Gasteiger partial charge in [0.25, 0.3) is 0 Å². The number of rotatable bonds is 9. The Balaban J connectivity index is 1.44. The zero-order valence-electron chi connectivity index (χ0n) is 15.0. The first-order valence-corrected chi connectivity index (χ1v) is 8.86. The first kappa shape index (κ1) is 20.3. The van der Waals surface area contributed by atoms with Crippen molar-refractivity contribution in [2.24, 2.45) is 0 Å². The molecule has 27 heavy (non-hydrogen) atoms. The van der Waals surface area contributed by atoms with Crippen LogP contribution in [0.3, 0.4) is 0 Å². The van der Waals surface area contributed by atoms with Crippen molar-refractivity contribution in [3.05, 3.63) is 48.0 Å². The van der Waals surface area contributed by atoms with E-state index in [2.05, 4.69) is 10.6 Å². The number of carbonyl (C=O) groups excluding carboxylic acids is 3. The van der Waals surface area contributed by atoms with Crippen molar-refractivity contribution in [2.75, 3.05) is 19.7 Å². The average molecular weight is 376 g/mol. The largest absolute Gasteiger partial charge is 0.459 e. The lowest BCUT2D eigenvalue weighted by molar-refractivity contribution is -0.144. The maximum atomic E-state index is 11.5. The molecular formula is C19H24N2O6. The van der Waals surface area contributed by atoms with Gasteiger partial charge in [-0.1, -0.05) is 36.4 Å². The van der Waals surface area contributed by atoms with Gasteiger partial charge < -0.3 is 24.8 Å². The van der Waals surface area contributed by atoms with E-state index in [4.69, 9.17) is 14.2 Å². The number of esters is 1. The molecular weight excluding hydrogens is 352 g/mol. The van der Waals surface area contributed by atoms with Gasteiger partial charge in [-0.3, -0.25) is 0 Å². The molecule has 0 aromatic heterocycles. The fraction of sp³-hybridized carbons (Fsp3) is 0.421. The van der Waals surface area contributed by atoms with Crippen LogP contribution in [-0.2, 0) is 25.6 Å². The number of amides is 2. The van der Waals surface area contributed by atoms with Crippen molar-refractivity contribution >= 4 is 18.2 Å². The lowest BCUT2D eigenvalue weighted by atomic mass is 10.1. The molecule has 1 aliphatic heterocycles. The summed E-state index contributed by atoms with van der Waals surface area (Å²) in [6.45, 7) is 1.11. The number of benzene rings is 1. The minimum Gasteiger partial charge on any atom is -0.459 e. The summed E-state index contributed by atoms with van der Waals surface area (Å²) in [5, 5.41) is 5.19. The highest BCUT2D eigenvalue weighted by Gasteiger charge is 2.16. The summed E-state index contributed by atoms with van der Waals surface area (Å²) in [4.78, 5) is 34.1. The Labute approximate surface area is 157 Å². The van der Waals surface area contributed by atoms with Crippen molar-refractivity contribution in [1.82, 2.24) is 10.6 Å². The van der Waals surface area contributed by atoms with Crippen LogP contribution in [0.25, 0.3) is 0 Å². The normalized spacial score (nSPS) is 15.6. The van der Waals surface area contributed by atoms with E-state index < -0.39 is 12.2 Å². The Bertz CT molecular complexity index is 647. The van der Waals surface area contributed by atoms with Crippen LogP contribution < -0.4 is 10.6 Å². The van der Waals surface area contributed by atoms with Gasteiger partial charge in [-0.2, -0.15) is 0 Å². The Morgan fingerprint density at radius 3 is 2.48 bits per heavy atom. The second-order valence-electron chi connectivity index (χ2n) is 5.89. The predicted octanol–water partition coefficient (Wildman–Crippen LogP) is 2.29. The molecule has 0 unspecified atom stereocenters. The molecule has 1 heterocycles. The van der Waals surface area contributed by atoms with Gasteiger partial charge in [0.2, 0.25) is 0 Å². The SMILES string of the molecule is O=C1C=CC[C@H](CCOC(=O)NCCCNC(=O)OCc2ccccc2)O1. The zero-order valence-corrected chi connectivity index (χ0v) is 15.0. The lowest BCUT2D eigenvalue weighted by Gasteiger charge is -2.18. The monoisotopic (exact) mass is 376 g/mol. The molecule has 0 saturated carbocycles.